The standard InChI is InChI=1S/C19H25NO2.ClH/c1-14(20-15(2)17-8-6-5-7-9-17)12-16-10-11-18(21-3)19(13-16)22-4;/h5-11,13-15,20H,12H2,1-4H3;1H/t14-,15-;/m1./s1. The zero-order chi connectivity index (χ0) is 15.9. The van der Waals surface area contributed by atoms with Gasteiger partial charge in [0.05, 0.1) is 14.2 Å². The van der Waals surface area contributed by atoms with Gasteiger partial charge in [-0.05, 0) is 43.5 Å². The highest BCUT2D eigenvalue weighted by Crippen LogP contribution is 2.28. The van der Waals surface area contributed by atoms with Gasteiger partial charge in [-0.1, -0.05) is 36.4 Å². The maximum Gasteiger partial charge on any atom is 0.160 e. The van der Waals surface area contributed by atoms with Gasteiger partial charge in [0, 0.05) is 12.1 Å². The molecule has 2 atom stereocenters. The maximum atomic E-state index is 5.36. The molecule has 0 radical (unpaired) electrons. The zero-order valence-electron chi connectivity index (χ0n) is 14.2. The molecular formula is C19H26ClNO2. The molecule has 0 aliphatic heterocycles. The number of hydrogen-bond donors (Lipinski definition) is 1. The number of ether oxygens (including phenoxy) is 2. The summed E-state index contributed by atoms with van der Waals surface area (Å²) in [6, 6.07) is 17.3. The third-order valence-corrected chi connectivity index (χ3v) is 3.82. The van der Waals surface area contributed by atoms with Gasteiger partial charge in [0.2, 0.25) is 0 Å². The van der Waals surface area contributed by atoms with Crippen molar-refractivity contribution in [2.24, 2.45) is 0 Å². The fraction of sp³-hybridized carbons (Fsp3) is 0.368. The first-order chi connectivity index (χ1) is 10.6. The Labute approximate surface area is 145 Å². The van der Waals surface area contributed by atoms with E-state index in [1.165, 1.54) is 11.1 Å². The highest BCUT2D eigenvalue weighted by atomic mass is 35.5. The van der Waals surface area contributed by atoms with E-state index in [1.54, 1.807) is 14.2 Å². The second-order valence-corrected chi connectivity index (χ2v) is 5.59. The van der Waals surface area contributed by atoms with Crippen LogP contribution in [0, 0.1) is 0 Å². The van der Waals surface area contributed by atoms with E-state index in [4.69, 9.17) is 9.47 Å². The molecular weight excluding hydrogens is 310 g/mol. The van der Waals surface area contributed by atoms with Gasteiger partial charge in [0.1, 0.15) is 0 Å². The van der Waals surface area contributed by atoms with Crippen molar-refractivity contribution < 1.29 is 9.47 Å². The summed E-state index contributed by atoms with van der Waals surface area (Å²) in [6.45, 7) is 4.40. The van der Waals surface area contributed by atoms with Gasteiger partial charge in [-0.15, -0.1) is 12.4 Å². The smallest absolute Gasteiger partial charge is 0.160 e. The minimum Gasteiger partial charge on any atom is -0.493 e. The van der Waals surface area contributed by atoms with Crippen LogP contribution in [-0.4, -0.2) is 20.3 Å². The van der Waals surface area contributed by atoms with E-state index in [-0.39, 0.29) is 12.4 Å². The van der Waals surface area contributed by atoms with Gasteiger partial charge < -0.3 is 14.8 Å². The predicted octanol–water partition coefficient (Wildman–Crippen LogP) is 4.41. The summed E-state index contributed by atoms with van der Waals surface area (Å²) in [5.41, 5.74) is 2.54. The van der Waals surface area contributed by atoms with Crippen LogP contribution in [0.25, 0.3) is 0 Å². The molecule has 2 rings (SSSR count). The average molecular weight is 336 g/mol. The molecule has 0 heterocycles. The van der Waals surface area contributed by atoms with Crippen LogP contribution >= 0.6 is 12.4 Å². The van der Waals surface area contributed by atoms with Gasteiger partial charge in [0.25, 0.3) is 0 Å². The first kappa shape index (κ1) is 19.3. The number of methoxy groups -OCH3 is 2. The molecule has 23 heavy (non-hydrogen) atoms. The Bertz CT molecular complexity index is 589. The van der Waals surface area contributed by atoms with E-state index < -0.39 is 0 Å². The molecule has 0 spiro atoms. The summed E-state index contributed by atoms with van der Waals surface area (Å²) in [4.78, 5) is 0. The lowest BCUT2D eigenvalue weighted by molar-refractivity contribution is 0.354. The van der Waals surface area contributed by atoms with Crippen molar-refractivity contribution in [3.8, 4) is 11.5 Å². The fourth-order valence-corrected chi connectivity index (χ4v) is 2.68. The first-order valence-electron chi connectivity index (χ1n) is 7.66. The van der Waals surface area contributed by atoms with Crippen LogP contribution in [0.2, 0.25) is 0 Å². The molecule has 0 saturated heterocycles. The molecule has 0 unspecified atom stereocenters. The molecule has 1 N–H and O–H groups in total. The molecule has 4 heteroatoms. The lowest BCUT2D eigenvalue weighted by Gasteiger charge is -2.21. The SMILES string of the molecule is COc1ccc(C[C@@H](C)N[C@H](C)c2ccccc2)cc1OC.Cl. The zero-order valence-corrected chi connectivity index (χ0v) is 15.0. The van der Waals surface area contributed by atoms with Crippen molar-refractivity contribution in [1.29, 1.82) is 0 Å². The van der Waals surface area contributed by atoms with Crippen LogP contribution in [0.1, 0.15) is 31.0 Å². The molecule has 0 aliphatic rings. The minimum absolute atomic E-state index is 0. The van der Waals surface area contributed by atoms with Gasteiger partial charge >= 0.3 is 0 Å². The van der Waals surface area contributed by atoms with Crippen molar-refractivity contribution in [3.05, 3.63) is 59.7 Å². The van der Waals surface area contributed by atoms with Crippen molar-refractivity contribution in [2.45, 2.75) is 32.4 Å². The van der Waals surface area contributed by atoms with Crippen LogP contribution in [-0.2, 0) is 6.42 Å². The van der Waals surface area contributed by atoms with Gasteiger partial charge in [-0.3, -0.25) is 0 Å². The van der Waals surface area contributed by atoms with Crippen LogP contribution < -0.4 is 14.8 Å². The number of halogens is 1. The third-order valence-electron chi connectivity index (χ3n) is 3.82. The summed E-state index contributed by atoms with van der Waals surface area (Å²) in [5.74, 6) is 1.55. The van der Waals surface area contributed by atoms with Crippen LogP contribution in [0.15, 0.2) is 48.5 Å². The molecule has 126 valence electrons. The summed E-state index contributed by atoms with van der Waals surface area (Å²) < 4.78 is 10.6. The van der Waals surface area contributed by atoms with E-state index in [2.05, 4.69) is 49.5 Å². The summed E-state index contributed by atoms with van der Waals surface area (Å²) in [6.07, 6.45) is 0.942. The van der Waals surface area contributed by atoms with E-state index in [9.17, 15) is 0 Å². The largest absolute Gasteiger partial charge is 0.493 e. The van der Waals surface area contributed by atoms with E-state index in [0.29, 0.717) is 12.1 Å². The van der Waals surface area contributed by atoms with Gasteiger partial charge in [0.15, 0.2) is 11.5 Å². The maximum absolute atomic E-state index is 5.36. The quantitative estimate of drug-likeness (QED) is 0.813. The van der Waals surface area contributed by atoms with Crippen molar-refractivity contribution >= 4 is 12.4 Å². The van der Waals surface area contributed by atoms with Crippen LogP contribution in [0.3, 0.4) is 0 Å². The molecule has 0 amide bonds. The van der Waals surface area contributed by atoms with Gasteiger partial charge in [-0.2, -0.15) is 0 Å². The lowest BCUT2D eigenvalue weighted by Crippen LogP contribution is -2.30. The van der Waals surface area contributed by atoms with Crippen LogP contribution in [0.5, 0.6) is 11.5 Å². The second-order valence-electron chi connectivity index (χ2n) is 5.59. The number of nitrogens with one attached hydrogen (secondary N) is 1. The second kappa shape index (κ2) is 9.43. The van der Waals surface area contributed by atoms with Crippen molar-refractivity contribution in [3.63, 3.8) is 0 Å². The predicted molar refractivity (Wildman–Crippen MR) is 98.0 cm³/mol. The highest BCUT2D eigenvalue weighted by Gasteiger charge is 2.11. The molecule has 3 nitrogen and oxygen atoms in total. The number of hydrogen-bond acceptors (Lipinski definition) is 3. The Morgan fingerprint density at radius 3 is 2.17 bits per heavy atom. The first-order valence-corrected chi connectivity index (χ1v) is 7.66. The van der Waals surface area contributed by atoms with E-state index in [1.807, 2.05) is 18.2 Å². The van der Waals surface area contributed by atoms with E-state index in [0.717, 1.165) is 17.9 Å². The van der Waals surface area contributed by atoms with Gasteiger partial charge in [-0.25, -0.2) is 0 Å². The topological polar surface area (TPSA) is 30.5 Å². The Morgan fingerprint density at radius 1 is 0.913 bits per heavy atom. The Kier molecular flexibility index (Phi) is 7.93. The third kappa shape index (κ3) is 5.45. The summed E-state index contributed by atoms with van der Waals surface area (Å²) in [5, 5.41) is 3.64. The normalized spacial score (nSPS) is 12.9. The minimum atomic E-state index is 0. The number of rotatable bonds is 7. The molecule has 0 fully saturated rings. The van der Waals surface area contributed by atoms with Crippen LogP contribution in [0.4, 0.5) is 0 Å². The molecule has 0 aliphatic carbocycles. The fourth-order valence-electron chi connectivity index (χ4n) is 2.68. The van der Waals surface area contributed by atoms with Crippen molar-refractivity contribution in [1.82, 2.24) is 5.32 Å². The summed E-state index contributed by atoms with van der Waals surface area (Å²) in [7, 11) is 3.32. The molecule has 0 saturated carbocycles. The average Bonchev–Trinajstić information content (AvgIpc) is 2.55. The lowest BCUT2D eigenvalue weighted by atomic mass is 10.0. The molecule has 0 aromatic heterocycles. The Morgan fingerprint density at radius 2 is 1.57 bits per heavy atom. The molecule has 2 aromatic carbocycles. The monoisotopic (exact) mass is 335 g/mol. The Hall–Kier alpha value is -1.71. The molecule has 0 bridgehead atoms. The van der Waals surface area contributed by atoms with Crippen molar-refractivity contribution in [2.75, 3.05) is 14.2 Å². The Balaban J connectivity index is 0.00000264. The summed E-state index contributed by atoms with van der Waals surface area (Å²) >= 11 is 0. The van der Waals surface area contributed by atoms with E-state index >= 15 is 0 Å². The number of benzene rings is 2. The highest BCUT2D eigenvalue weighted by molar-refractivity contribution is 5.85. The molecule has 2 aromatic rings.